The minimum Gasteiger partial charge on any atom is -0.496 e. The van der Waals surface area contributed by atoms with Gasteiger partial charge >= 0.3 is 0 Å². The smallest absolute Gasteiger partial charge is 0.253 e. The minimum absolute atomic E-state index is 0.128. The van der Waals surface area contributed by atoms with Gasteiger partial charge in [0.1, 0.15) is 5.75 Å². The van der Waals surface area contributed by atoms with Crippen LogP contribution in [0, 0.1) is 0 Å². The van der Waals surface area contributed by atoms with Crippen molar-refractivity contribution in [3.05, 3.63) is 65.2 Å². The number of primary sulfonamides is 1. The summed E-state index contributed by atoms with van der Waals surface area (Å²) in [5.41, 5.74) is 2.09. The van der Waals surface area contributed by atoms with E-state index in [4.69, 9.17) is 9.88 Å². The highest BCUT2D eigenvalue weighted by atomic mass is 32.2. The summed E-state index contributed by atoms with van der Waals surface area (Å²) in [5, 5.41) is 5.02. The Bertz CT molecular complexity index is 832. The highest BCUT2D eigenvalue weighted by Gasteiger charge is 2.13. The van der Waals surface area contributed by atoms with E-state index in [9.17, 15) is 13.2 Å². The van der Waals surface area contributed by atoms with Crippen molar-refractivity contribution in [3.63, 3.8) is 0 Å². The van der Waals surface area contributed by atoms with Gasteiger partial charge in [0, 0.05) is 19.2 Å². The average Bonchev–Trinajstić information content (AvgIpc) is 2.58. The van der Waals surface area contributed by atoms with Gasteiger partial charge in [-0.2, -0.15) is 0 Å². The van der Waals surface area contributed by atoms with E-state index in [2.05, 4.69) is 0 Å². The molecule has 0 aliphatic heterocycles. The fraction of sp³-hybridized carbons (Fsp3) is 0.278. The van der Waals surface area contributed by atoms with Crippen molar-refractivity contribution < 1.29 is 17.9 Å². The zero-order chi connectivity index (χ0) is 18.4. The van der Waals surface area contributed by atoms with Crippen molar-refractivity contribution in [1.29, 1.82) is 0 Å². The van der Waals surface area contributed by atoms with Gasteiger partial charge in [-0.15, -0.1) is 0 Å². The molecule has 2 aromatic rings. The monoisotopic (exact) mass is 362 g/mol. The first-order chi connectivity index (χ1) is 11.8. The number of hydrogen-bond acceptors (Lipinski definition) is 4. The van der Waals surface area contributed by atoms with E-state index < -0.39 is 10.0 Å². The lowest BCUT2D eigenvalue weighted by Gasteiger charge is -2.18. The van der Waals surface area contributed by atoms with Gasteiger partial charge in [-0.05, 0) is 35.7 Å². The second-order valence-electron chi connectivity index (χ2n) is 5.79. The Kier molecular flexibility index (Phi) is 6.17. The molecule has 2 aromatic carbocycles. The summed E-state index contributed by atoms with van der Waals surface area (Å²) < 4.78 is 27.5. The largest absolute Gasteiger partial charge is 0.496 e. The van der Waals surface area contributed by atoms with Gasteiger partial charge in [-0.1, -0.05) is 30.3 Å². The maximum atomic E-state index is 12.5. The van der Waals surface area contributed by atoms with Gasteiger partial charge < -0.3 is 9.64 Å². The van der Waals surface area contributed by atoms with Crippen LogP contribution in [0.2, 0.25) is 0 Å². The molecule has 1 amide bonds. The number of rotatable bonds is 7. The average molecular weight is 362 g/mol. The van der Waals surface area contributed by atoms with Gasteiger partial charge in [0.25, 0.3) is 5.91 Å². The molecular weight excluding hydrogens is 340 g/mol. The van der Waals surface area contributed by atoms with Crippen LogP contribution >= 0.6 is 0 Å². The molecule has 0 aromatic heterocycles. The topological polar surface area (TPSA) is 89.7 Å². The summed E-state index contributed by atoms with van der Waals surface area (Å²) in [6.45, 7) is 0.540. The van der Waals surface area contributed by atoms with Crippen LogP contribution in [0.3, 0.4) is 0 Å². The third-order valence-corrected chi connectivity index (χ3v) is 4.56. The standard InChI is InChI=1S/C18H22N2O4S/c1-20(12-11-15-5-3-4-6-17(15)24-2)18(21)16-9-7-14(8-10-16)13-25(19,22)23/h3-10H,11-13H2,1-2H3,(H2,19,22,23). The summed E-state index contributed by atoms with van der Waals surface area (Å²) in [4.78, 5) is 14.1. The predicted octanol–water partition coefficient (Wildman–Crippen LogP) is 1.80. The number of likely N-dealkylation sites (N-methyl/N-ethyl adjacent to an activating group) is 1. The minimum atomic E-state index is -3.58. The molecule has 134 valence electrons. The van der Waals surface area contributed by atoms with Crippen LogP contribution in [0.25, 0.3) is 0 Å². The SMILES string of the molecule is COc1ccccc1CCN(C)C(=O)c1ccc(CS(N)(=O)=O)cc1. The van der Waals surface area contributed by atoms with Crippen LogP contribution in [-0.4, -0.2) is 39.9 Å². The molecule has 7 heteroatoms. The Morgan fingerprint density at radius 3 is 2.36 bits per heavy atom. The maximum Gasteiger partial charge on any atom is 0.253 e. The molecule has 2 N–H and O–H groups in total. The quantitative estimate of drug-likeness (QED) is 0.813. The van der Waals surface area contributed by atoms with Crippen molar-refractivity contribution in [1.82, 2.24) is 4.90 Å². The number of nitrogens with zero attached hydrogens (tertiary/aromatic N) is 1. The fourth-order valence-electron chi connectivity index (χ4n) is 2.50. The van der Waals surface area contributed by atoms with E-state index in [-0.39, 0.29) is 11.7 Å². The number of hydrogen-bond donors (Lipinski definition) is 1. The summed E-state index contributed by atoms with van der Waals surface area (Å²) >= 11 is 0. The molecule has 2 rings (SSSR count). The van der Waals surface area contributed by atoms with E-state index in [1.807, 2.05) is 24.3 Å². The zero-order valence-electron chi connectivity index (χ0n) is 14.3. The number of sulfonamides is 1. The normalized spacial score (nSPS) is 11.2. The molecule has 0 aliphatic carbocycles. The highest BCUT2D eigenvalue weighted by Crippen LogP contribution is 2.18. The molecule has 0 fully saturated rings. The summed E-state index contributed by atoms with van der Waals surface area (Å²) in [6, 6.07) is 14.1. The van der Waals surface area contributed by atoms with Crippen LogP contribution in [0.1, 0.15) is 21.5 Å². The summed E-state index contributed by atoms with van der Waals surface area (Å²) in [6.07, 6.45) is 0.676. The third-order valence-electron chi connectivity index (χ3n) is 3.82. The van der Waals surface area contributed by atoms with Crippen LogP contribution in [0.15, 0.2) is 48.5 Å². The molecule has 0 saturated carbocycles. The van der Waals surface area contributed by atoms with E-state index in [1.165, 1.54) is 0 Å². The number of para-hydroxylation sites is 1. The van der Waals surface area contributed by atoms with E-state index in [1.54, 1.807) is 43.3 Å². The Morgan fingerprint density at radius 2 is 1.76 bits per heavy atom. The van der Waals surface area contributed by atoms with Gasteiger partial charge in [-0.25, -0.2) is 13.6 Å². The van der Waals surface area contributed by atoms with Crippen molar-refractivity contribution in [2.45, 2.75) is 12.2 Å². The molecule has 0 aliphatic rings. The number of nitrogens with two attached hydrogens (primary N) is 1. The first-order valence-electron chi connectivity index (χ1n) is 7.77. The van der Waals surface area contributed by atoms with Crippen LogP contribution in [-0.2, 0) is 22.2 Å². The molecule has 0 unspecified atom stereocenters. The third kappa shape index (κ3) is 5.58. The lowest BCUT2D eigenvalue weighted by atomic mass is 10.1. The zero-order valence-corrected chi connectivity index (χ0v) is 15.1. The Hall–Kier alpha value is -2.38. The van der Waals surface area contributed by atoms with Gasteiger partial charge in [0.2, 0.25) is 10.0 Å². The second-order valence-corrected chi connectivity index (χ2v) is 7.41. The predicted molar refractivity (Wildman–Crippen MR) is 96.9 cm³/mol. The molecular formula is C18H22N2O4S. The maximum absolute atomic E-state index is 12.5. The van der Waals surface area contributed by atoms with Crippen LogP contribution < -0.4 is 9.88 Å². The summed E-state index contributed by atoms with van der Waals surface area (Å²) in [7, 11) is -0.226. The highest BCUT2D eigenvalue weighted by molar-refractivity contribution is 7.88. The van der Waals surface area contributed by atoms with Gasteiger partial charge in [0.15, 0.2) is 0 Å². The van der Waals surface area contributed by atoms with Crippen molar-refractivity contribution >= 4 is 15.9 Å². The summed E-state index contributed by atoms with van der Waals surface area (Å²) in [5.74, 6) is 0.429. The number of carbonyl (C=O) groups is 1. The van der Waals surface area contributed by atoms with Crippen molar-refractivity contribution in [3.8, 4) is 5.75 Å². The number of amides is 1. The lowest BCUT2D eigenvalue weighted by molar-refractivity contribution is 0.0796. The molecule has 0 bridgehead atoms. The number of benzene rings is 2. The molecule has 0 atom stereocenters. The van der Waals surface area contributed by atoms with Crippen LogP contribution in [0.4, 0.5) is 0 Å². The van der Waals surface area contributed by atoms with Gasteiger partial charge in [-0.3, -0.25) is 4.79 Å². The number of ether oxygens (including phenoxy) is 1. The Balaban J connectivity index is 2.00. The Labute approximate surface area is 148 Å². The lowest BCUT2D eigenvalue weighted by Crippen LogP contribution is -2.29. The second kappa shape index (κ2) is 8.13. The molecule has 0 heterocycles. The van der Waals surface area contributed by atoms with E-state index >= 15 is 0 Å². The molecule has 0 spiro atoms. The van der Waals surface area contributed by atoms with Crippen molar-refractivity contribution in [2.75, 3.05) is 20.7 Å². The number of carbonyl (C=O) groups excluding carboxylic acids is 1. The number of methoxy groups -OCH3 is 1. The molecule has 0 radical (unpaired) electrons. The van der Waals surface area contributed by atoms with Crippen molar-refractivity contribution in [2.24, 2.45) is 5.14 Å². The van der Waals surface area contributed by atoms with Crippen LogP contribution in [0.5, 0.6) is 5.75 Å². The Morgan fingerprint density at radius 1 is 1.12 bits per heavy atom. The van der Waals surface area contributed by atoms with E-state index in [0.29, 0.717) is 24.1 Å². The molecule has 25 heavy (non-hydrogen) atoms. The fourth-order valence-corrected chi connectivity index (χ4v) is 3.15. The first kappa shape index (κ1) is 19.0. The van der Waals surface area contributed by atoms with Gasteiger partial charge in [0.05, 0.1) is 12.9 Å². The first-order valence-corrected chi connectivity index (χ1v) is 9.48. The van der Waals surface area contributed by atoms with E-state index in [0.717, 1.165) is 11.3 Å². The molecule has 6 nitrogen and oxygen atoms in total. The molecule has 0 saturated heterocycles.